The average molecular weight is 242 g/mol. The number of ether oxygens (including phenoxy) is 1. The van der Waals surface area contributed by atoms with Gasteiger partial charge in [-0.15, -0.1) is 0 Å². The molecule has 0 spiro atoms. The van der Waals surface area contributed by atoms with E-state index in [0.717, 1.165) is 19.3 Å². The van der Waals surface area contributed by atoms with E-state index in [-0.39, 0.29) is 0 Å². The van der Waals surface area contributed by atoms with E-state index in [1.54, 1.807) is 6.07 Å². The van der Waals surface area contributed by atoms with Gasteiger partial charge in [0.15, 0.2) is 0 Å². The lowest BCUT2D eigenvalue weighted by atomic mass is 10.1. The zero-order chi connectivity index (χ0) is 13.3. The van der Waals surface area contributed by atoms with E-state index in [1.807, 2.05) is 20.8 Å². The van der Waals surface area contributed by atoms with Gasteiger partial charge in [-0.2, -0.15) is 5.26 Å². The first-order valence-corrected chi connectivity index (χ1v) is 5.89. The van der Waals surface area contributed by atoms with Gasteiger partial charge < -0.3 is 15.2 Å². The zero-order valence-corrected chi connectivity index (χ0v) is 10.8. The summed E-state index contributed by atoms with van der Waals surface area (Å²) in [6.45, 7) is 6.00. The minimum absolute atomic E-state index is 0.408. The van der Waals surface area contributed by atoms with E-state index in [2.05, 4.69) is 5.32 Å². The summed E-state index contributed by atoms with van der Waals surface area (Å²) in [6.07, 6.45) is 1.68. The van der Waals surface area contributed by atoms with E-state index in [0.29, 0.717) is 13.0 Å². The monoisotopic (exact) mass is 242 g/mol. The maximum absolute atomic E-state index is 11.2. The molecule has 0 aromatic carbocycles. The summed E-state index contributed by atoms with van der Waals surface area (Å²) in [7, 11) is 0. The second-order valence-corrected chi connectivity index (χ2v) is 4.92. The molecule has 0 aliphatic rings. The maximum atomic E-state index is 11.2. The summed E-state index contributed by atoms with van der Waals surface area (Å²) in [6, 6.07) is 1.77. The van der Waals surface area contributed by atoms with Gasteiger partial charge >= 0.3 is 6.09 Å². The van der Waals surface area contributed by atoms with Crippen LogP contribution in [0, 0.1) is 11.3 Å². The van der Waals surface area contributed by atoms with Crippen molar-refractivity contribution in [3.05, 3.63) is 0 Å². The molecule has 98 valence electrons. The van der Waals surface area contributed by atoms with Crippen LogP contribution < -0.4 is 5.32 Å². The number of carbonyl (C=O) groups is 1. The standard InChI is InChI=1S/C12H22N2O3/c1-12(2,3)17-11(16)14-8-6-4-5-7-10(15)9-13/h10,15H,4-8H2,1-3H3,(H,14,16)/t10-/m0/s1. The molecule has 2 N–H and O–H groups in total. The summed E-state index contributed by atoms with van der Waals surface area (Å²) in [5, 5.41) is 20.0. The first-order valence-electron chi connectivity index (χ1n) is 5.89. The topological polar surface area (TPSA) is 82.3 Å². The van der Waals surface area contributed by atoms with Crippen molar-refractivity contribution in [1.29, 1.82) is 5.26 Å². The lowest BCUT2D eigenvalue weighted by Crippen LogP contribution is -2.32. The van der Waals surface area contributed by atoms with Crippen LogP contribution in [0.25, 0.3) is 0 Å². The molecule has 0 aliphatic carbocycles. The summed E-state index contributed by atoms with van der Waals surface area (Å²) in [5.74, 6) is 0. The smallest absolute Gasteiger partial charge is 0.407 e. The van der Waals surface area contributed by atoms with E-state index in [1.165, 1.54) is 0 Å². The van der Waals surface area contributed by atoms with Crippen molar-refractivity contribution in [3.63, 3.8) is 0 Å². The van der Waals surface area contributed by atoms with Crippen LogP contribution in [-0.2, 0) is 4.74 Å². The molecule has 0 rings (SSSR count). The Morgan fingerprint density at radius 1 is 1.41 bits per heavy atom. The molecule has 0 heterocycles. The molecule has 0 saturated heterocycles. The van der Waals surface area contributed by atoms with E-state index < -0.39 is 17.8 Å². The van der Waals surface area contributed by atoms with Gasteiger partial charge in [-0.3, -0.25) is 0 Å². The molecule has 1 amide bonds. The van der Waals surface area contributed by atoms with Crippen LogP contribution in [0.1, 0.15) is 46.5 Å². The summed E-state index contributed by atoms with van der Waals surface area (Å²) in [4.78, 5) is 11.2. The SMILES string of the molecule is CC(C)(C)OC(=O)NCCCCC[C@H](O)C#N. The number of nitrogens with zero attached hydrogens (tertiary/aromatic N) is 1. The number of hydrogen-bond donors (Lipinski definition) is 2. The normalized spacial score (nSPS) is 12.6. The molecular weight excluding hydrogens is 220 g/mol. The number of nitrogens with one attached hydrogen (secondary N) is 1. The largest absolute Gasteiger partial charge is 0.444 e. The number of aliphatic hydroxyl groups excluding tert-OH is 1. The highest BCUT2D eigenvalue weighted by atomic mass is 16.6. The fourth-order valence-corrected chi connectivity index (χ4v) is 1.21. The molecule has 0 aliphatic heterocycles. The first-order chi connectivity index (χ1) is 7.85. The number of hydrogen-bond acceptors (Lipinski definition) is 4. The van der Waals surface area contributed by atoms with Gasteiger partial charge in [0.05, 0.1) is 6.07 Å². The van der Waals surface area contributed by atoms with Crippen LogP contribution in [0.2, 0.25) is 0 Å². The Balaban J connectivity index is 3.41. The molecule has 0 aromatic heterocycles. The molecular formula is C12H22N2O3. The predicted molar refractivity (Wildman–Crippen MR) is 64.3 cm³/mol. The molecule has 17 heavy (non-hydrogen) atoms. The van der Waals surface area contributed by atoms with Gasteiger partial charge in [-0.25, -0.2) is 4.79 Å². The molecule has 5 nitrogen and oxygen atoms in total. The molecule has 0 bridgehead atoms. The van der Waals surface area contributed by atoms with Gasteiger partial charge in [-0.05, 0) is 40.0 Å². The minimum Gasteiger partial charge on any atom is -0.444 e. The van der Waals surface area contributed by atoms with Gasteiger partial charge in [0.25, 0.3) is 0 Å². The summed E-state index contributed by atoms with van der Waals surface area (Å²) >= 11 is 0. The second kappa shape index (κ2) is 7.91. The third-order valence-electron chi connectivity index (χ3n) is 1.97. The number of nitriles is 1. The summed E-state index contributed by atoms with van der Waals surface area (Å²) < 4.78 is 5.07. The Morgan fingerprint density at radius 3 is 2.59 bits per heavy atom. The summed E-state index contributed by atoms with van der Waals surface area (Å²) in [5.41, 5.74) is -0.471. The Bertz CT molecular complexity index is 266. The van der Waals surface area contributed by atoms with E-state index >= 15 is 0 Å². The van der Waals surface area contributed by atoms with Crippen LogP contribution in [0.5, 0.6) is 0 Å². The Hall–Kier alpha value is -1.28. The third-order valence-corrected chi connectivity index (χ3v) is 1.97. The van der Waals surface area contributed by atoms with E-state index in [9.17, 15) is 4.79 Å². The Morgan fingerprint density at radius 2 is 2.06 bits per heavy atom. The van der Waals surface area contributed by atoms with Crippen LogP contribution in [0.4, 0.5) is 4.79 Å². The molecule has 0 radical (unpaired) electrons. The van der Waals surface area contributed by atoms with Crippen molar-refractivity contribution in [1.82, 2.24) is 5.32 Å². The highest BCUT2D eigenvalue weighted by molar-refractivity contribution is 5.67. The van der Waals surface area contributed by atoms with Crippen LogP contribution in [-0.4, -0.2) is 29.4 Å². The fourth-order valence-electron chi connectivity index (χ4n) is 1.21. The van der Waals surface area contributed by atoms with E-state index in [4.69, 9.17) is 15.1 Å². The maximum Gasteiger partial charge on any atom is 0.407 e. The number of rotatable bonds is 6. The van der Waals surface area contributed by atoms with Crippen molar-refractivity contribution < 1.29 is 14.6 Å². The van der Waals surface area contributed by atoms with Crippen molar-refractivity contribution in [2.45, 2.75) is 58.2 Å². The van der Waals surface area contributed by atoms with Gasteiger partial charge in [-0.1, -0.05) is 6.42 Å². The van der Waals surface area contributed by atoms with Crippen molar-refractivity contribution in [2.24, 2.45) is 0 Å². The first kappa shape index (κ1) is 15.7. The average Bonchev–Trinajstić information content (AvgIpc) is 2.20. The van der Waals surface area contributed by atoms with Crippen LogP contribution >= 0.6 is 0 Å². The van der Waals surface area contributed by atoms with Crippen LogP contribution in [0.15, 0.2) is 0 Å². The number of aliphatic hydroxyl groups is 1. The highest BCUT2D eigenvalue weighted by Gasteiger charge is 2.15. The molecule has 5 heteroatoms. The van der Waals surface area contributed by atoms with Crippen molar-refractivity contribution >= 4 is 6.09 Å². The lowest BCUT2D eigenvalue weighted by Gasteiger charge is -2.19. The van der Waals surface area contributed by atoms with Gasteiger partial charge in [0.2, 0.25) is 0 Å². The number of amides is 1. The van der Waals surface area contributed by atoms with Crippen molar-refractivity contribution in [2.75, 3.05) is 6.54 Å². The fraction of sp³-hybridized carbons (Fsp3) is 0.833. The third kappa shape index (κ3) is 11.0. The highest BCUT2D eigenvalue weighted by Crippen LogP contribution is 2.06. The second-order valence-electron chi connectivity index (χ2n) is 4.92. The minimum atomic E-state index is -0.867. The number of alkyl carbamates (subject to hydrolysis) is 1. The molecule has 1 atom stereocenters. The van der Waals surface area contributed by atoms with Crippen LogP contribution in [0.3, 0.4) is 0 Å². The number of unbranched alkanes of at least 4 members (excludes halogenated alkanes) is 2. The van der Waals surface area contributed by atoms with Gasteiger partial charge in [0.1, 0.15) is 11.7 Å². The molecule has 0 unspecified atom stereocenters. The lowest BCUT2D eigenvalue weighted by molar-refractivity contribution is 0.0526. The Labute approximate surface area is 103 Å². The molecule has 0 saturated carbocycles. The van der Waals surface area contributed by atoms with Crippen molar-refractivity contribution in [3.8, 4) is 6.07 Å². The zero-order valence-electron chi connectivity index (χ0n) is 10.8. The van der Waals surface area contributed by atoms with Gasteiger partial charge in [0, 0.05) is 6.54 Å². The number of carbonyl (C=O) groups excluding carboxylic acids is 1. The molecule has 0 aromatic rings. The molecule has 0 fully saturated rings. The predicted octanol–water partition coefficient (Wildman–Crippen LogP) is 1.96. The Kier molecular flexibility index (Phi) is 7.31. The quantitative estimate of drug-likeness (QED) is 0.551.